The first kappa shape index (κ1) is 78.6. The molecule has 5 nitrogen and oxygen atoms in total. The van der Waals surface area contributed by atoms with E-state index in [0.717, 1.165) is 22.6 Å². The summed E-state index contributed by atoms with van der Waals surface area (Å²) in [5, 5.41) is 9.44. The summed E-state index contributed by atoms with van der Waals surface area (Å²) in [5.74, 6) is -0.747. The minimum Gasteiger partial charge on any atom is -1.00 e. The van der Waals surface area contributed by atoms with Crippen LogP contribution in [0.25, 0.3) is 12.2 Å². The molecule has 0 saturated heterocycles. The number of aldehydes is 1. The normalized spacial score (nSPS) is 9.71. The van der Waals surface area contributed by atoms with Crippen molar-refractivity contribution >= 4 is 93.3 Å². The van der Waals surface area contributed by atoms with Crippen LogP contribution in [-0.2, 0) is 21.0 Å². The van der Waals surface area contributed by atoms with Crippen molar-refractivity contribution in [2.45, 2.75) is 48.6 Å². The molecular formula is C80H86Br2O5P2. The summed E-state index contributed by atoms with van der Waals surface area (Å²) in [6.45, 7) is 0. The first-order valence-electron chi connectivity index (χ1n) is 27.0. The maximum atomic E-state index is 11.4. The molecular weight excluding hydrogens is 1260 g/mol. The van der Waals surface area contributed by atoms with Gasteiger partial charge in [0.15, 0.2) is 0 Å². The van der Waals surface area contributed by atoms with E-state index in [-0.39, 0.29) is 60.1 Å². The molecule has 0 amide bonds. The molecule has 0 aromatic heterocycles. The second-order valence-corrected chi connectivity index (χ2v) is 24.8. The standard InChI is InChI=1S/C25H22P.C18H15P.C16H14O2.C9H8O3.C7H7Br.5CH4.BrH/c1-5-13-22(14-6-1)21-26(23-15-7-2-8-16-23,24-17-9-3-10-18-24)25-19-11-4-12-20-25;1-4-10-16(11-5-1)19(17-12-6-2-7-13-17)18-14-8-3-9-15-18;1-18-16(17)15-9-5-8-14(12-15)11-10-13-6-3-2-4-7-13;1-12-9(11)8-4-2-3-7(5-8)6-10;8-6-7-4-2-1-3-5-7;;;;;;/h1-20H,21H2;1-15H;2-12H,1H3;2-6H,1H3;1-5H,6H2;5*1H4;1H/q+1;;;;;;;;;;/p-1/b;;11-10+;;;;;;;;. The quantitative estimate of drug-likeness (QED) is 0.0357. The van der Waals surface area contributed by atoms with E-state index >= 15 is 0 Å². The van der Waals surface area contributed by atoms with Crippen molar-refractivity contribution in [2.75, 3.05) is 14.2 Å². The third-order valence-electron chi connectivity index (χ3n) is 12.9. The fourth-order valence-corrected chi connectivity index (χ4v) is 15.8. The van der Waals surface area contributed by atoms with Gasteiger partial charge in [-0.2, -0.15) is 0 Å². The zero-order chi connectivity index (χ0) is 58.2. The van der Waals surface area contributed by atoms with E-state index in [2.05, 4.69) is 245 Å². The predicted molar refractivity (Wildman–Crippen MR) is 389 cm³/mol. The van der Waals surface area contributed by atoms with Crippen LogP contribution in [0, 0.1) is 0 Å². The van der Waals surface area contributed by atoms with Gasteiger partial charge in [0.1, 0.15) is 29.5 Å². The van der Waals surface area contributed by atoms with Crippen LogP contribution in [0.2, 0.25) is 0 Å². The molecule has 0 aliphatic heterocycles. The molecule has 9 heteroatoms. The van der Waals surface area contributed by atoms with Gasteiger partial charge >= 0.3 is 11.9 Å². The van der Waals surface area contributed by atoms with Crippen molar-refractivity contribution in [2.24, 2.45) is 0 Å². The highest BCUT2D eigenvalue weighted by atomic mass is 79.9. The number of hydrogen-bond donors (Lipinski definition) is 0. The van der Waals surface area contributed by atoms with Gasteiger partial charge in [0.2, 0.25) is 0 Å². The Kier molecular flexibility index (Phi) is 38.9. The number of methoxy groups -OCH3 is 2. The Hall–Kier alpha value is -8.41. The van der Waals surface area contributed by atoms with E-state index in [9.17, 15) is 14.4 Å². The van der Waals surface area contributed by atoms with Crippen LogP contribution in [0.4, 0.5) is 0 Å². The van der Waals surface area contributed by atoms with E-state index in [1.165, 1.54) is 63.2 Å². The molecule has 460 valence electrons. The summed E-state index contributed by atoms with van der Waals surface area (Å²) < 4.78 is 9.17. The van der Waals surface area contributed by atoms with Crippen LogP contribution in [0.3, 0.4) is 0 Å². The van der Waals surface area contributed by atoms with Crippen LogP contribution in [0.5, 0.6) is 0 Å². The van der Waals surface area contributed by atoms with Gasteiger partial charge in [-0.3, -0.25) is 4.79 Å². The Morgan fingerprint density at radius 2 is 0.652 bits per heavy atom. The first-order valence-corrected chi connectivity index (χ1v) is 31.5. The molecule has 0 bridgehead atoms. The van der Waals surface area contributed by atoms with E-state index in [0.29, 0.717) is 23.0 Å². The highest BCUT2D eigenvalue weighted by molar-refractivity contribution is 9.08. The fourth-order valence-electron chi connectivity index (χ4n) is 8.87. The van der Waals surface area contributed by atoms with Gasteiger partial charge in [-0.15, -0.1) is 0 Å². The molecule has 0 aliphatic rings. The van der Waals surface area contributed by atoms with Gasteiger partial charge in [0.05, 0.1) is 31.5 Å². The summed E-state index contributed by atoms with van der Waals surface area (Å²) in [6.07, 6.45) is 5.70. The Morgan fingerprint density at radius 1 is 0.371 bits per heavy atom. The van der Waals surface area contributed by atoms with Gasteiger partial charge < -0.3 is 26.5 Å². The van der Waals surface area contributed by atoms with Crippen molar-refractivity contribution in [3.05, 3.63) is 360 Å². The molecule has 0 N–H and O–H groups in total. The van der Waals surface area contributed by atoms with E-state index in [4.69, 9.17) is 4.74 Å². The van der Waals surface area contributed by atoms with Crippen molar-refractivity contribution in [3.63, 3.8) is 0 Å². The molecule has 0 fully saturated rings. The number of halogens is 2. The summed E-state index contributed by atoms with van der Waals surface area (Å²) in [5.41, 5.74) is 6.24. The van der Waals surface area contributed by atoms with E-state index < -0.39 is 21.2 Å². The maximum absolute atomic E-state index is 11.4. The Morgan fingerprint density at radius 3 is 0.978 bits per heavy atom. The topological polar surface area (TPSA) is 69.7 Å². The number of ether oxygens (including phenoxy) is 2. The van der Waals surface area contributed by atoms with Gasteiger partial charge in [0, 0.05) is 10.9 Å². The lowest BCUT2D eigenvalue weighted by atomic mass is 10.1. The Labute approximate surface area is 553 Å². The molecule has 11 aromatic carbocycles. The molecule has 0 heterocycles. The van der Waals surface area contributed by atoms with Crippen LogP contribution in [0.15, 0.2) is 322 Å². The Bertz CT molecular complexity index is 3450. The number of carbonyl (C=O) groups excluding carboxylic acids is 3. The van der Waals surface area contributed by atoms with Gasteiger partial charge in [-0.25, -0.2) is 9.59 Å². The molecule has 0 atom stereocenters. The third-order valence-corrected chi connectivity index (χ3v) is 20.4. The molecule has 0 saturated carbocycles. The van der Waals surface area contributed by atoms with Crippen LogP contribution >= 0.6 is 31.1 Å². The fraction of sp³-hybridized carbons (Fsp3) is 0.113. The predicted octanol–water partition coefficient (Wildman–Crippen LogP) is 16.3. The van der Waals surface area contributed by atoms with Crippen molar-refractivity contribution in [3.8, 4) is 0 Å². The second-order valence-electron chi connectivity index (χ2n) is 18.5. The van der Waals surface area contributed by atoms with Crippen LogP contribution in [0.1, 0.15) is 90.5 Å². The summed E-state index contributed by atoms with van der Waals surface area (Å²) in [4.78, 5) is 32.7. The number of esters is 2. The maximum Gasteiger partial charge on any atom is 0.337 e. The summed E-state index contributed by atoms with van der Waals surface area (Å²) in [7, 11) is 0.464. The molecule has 11 rings (SSSR count). The number of alkyl halides is 1. The molecule has 89 heavy (non-hydrogen) atoms. The number of hydrogen-bond acceptors (Lipinski definition) is 5. The second kappa shape index (κ2) is 44.1. The average molecular weight is 1350 g/mol. The van der Waals surface area contributed by atoms with Crippen molar-refractivity contribution in [1.29, 1.82) is 0 Å². The molecule has 11 aromatic rings. The van der Waals surface area contributed by atoms with E-state index in [1.807, 2.05) is 78.9 Å². The minimum absolute atomic E-state index is 0. The van der Waals surface area contributed by atoms with E-state index in [1.54, 1.807) is 24.3 Å². The summed E-state index contributed by atoms with van der Waals surface area (Å²) >= 11 is 3.36. The zero-order valence-corrected chi connectivity index (χ0v) is 51.9. The minimum atomic E-state index is -1.78. The van der Waals surface area contributed by atoms with Gasteiger partial charge in [-0.1, -0.05) is 326 Å². The molecule has 0 spiro atoms. The monoisotopic (exact) mass is 1350 g/mol. The lowest BCUT2D eigenvalue weighted by molar-refractivity contribution is -0.0000518. The number of carbonyl (C=O) groups is 3. The highest BCUT2D eigenvalue weighted by Gasteiger charge is 2.45. The first-order chi connectivity index (χ1) is 40.8. The van der Waals surface area contributed by atoms with Crippen LogP contribution in [-0.4, -0.2) is 32.4 Å². The smallest absolute Gasteiger partial charge is 0.337 e. The Balaban J connectivity index is 0.000000571. The third kappa shape index (κ3) is 24.6. The zero-order valence-electron chi connectivity index (χ0n) is 46.9. The molecule has 0 radical (unpaired) electrons. The lowest BCUT2D eigenvalue weighted by Crippen LogP contribution is -3.00. The largest absolute Gasteiger partial charge is 1.00 e. The van der Waals surface area contributed by atoms with Gasteiger partial charge in [-0.05, 0) is 107 Å². The van der Waals surface area contributed by atoms with Crippen molar-refractivity contribution in [1.82, 2.24) is 0 Å². The lowest BCUT2D eigenvalue weighted by Gasteiger charge is -2.27. The molecule has 0 aliphatic carbocycles. The highest BCUT2D eigenvalue weighted by Crippen LogP contribution is 2.58. The number of benzene rings is 11. The SMILES string of the molecule is BrCc1ccccc1.C.C.C.C.C.COC(=O)c1cccc(/C=C/c2ccccc2)c1.COC(=O)c1cccc(C=O)c1.[Br-].c1ccc(C[P+](c2ccccc2)(c2ccccc2)c2ccccc2)cc1.c1ccc(P(c2ccccc2)c2ccccc2)cc1. The molecule has 0 unspecified atom stereocenters. The summed E-state index contributed by atoms with van der Waals surface area (Å²) in [6, 6.07) is 110. The average Bonchev–Trinajstić information content (AvgIpc) is 0.985. The van der Waals surface area contributed by atoms with Crippen molar-refractivity contribution < 1.29 is 40.8 Å². The van der Waals surface area contributed by atoms with Crippen LogP contribution < -0.4 is 48.8 Å². The van der Waals surface area contributed by atoms with Gasteiger partial charge in [0.25, 0.3) is 0 Å². The number of rotatable bonds is 14.